The van der Waals surface area contributed by atoms with Crippen LogP contribution in [0.2, 0.25) is 0 Å². The second-order valence-corrected chi connectivity index (χ2v) is 7.26. The van der Waals surface area contributed by atoms with Crippen molar-refractivity contribution >= 4 is 34.8 Å². The number of hydrogen-bond donors (Lipinski definition) is 2. The summed E-state index contributed by atoms with van der Waals surface area (Å²) in [4.78, 5) is 35.6. The quantitative estimate of drug-likeness (QED) is 0.559. The van der Waals surface area contributed by atoms with Crippen LogP contribution in [0.25, 0.3) is 11.2 Å². The number of likely N-dealkylation sites (tertiary alicyclic amines) is 1. The molecule has 152 valence electrons. The molecule has 10 heteroatoms. The molecule has 3 aromatic rings. The lowest BCUT2D eigenvalue weighted by atomic mass is 10.3. The maximum absolute atomic E-state index is 11.7. The zero-order chi connectivity index (χ0) is 20.2. The van der Waals surface area contributed by atoms with E-state index in [1.165, 1.54) is 6.33 Å². The molecule has 0 radical (unpaired) electrons. The molecular formula is C19H25N9O. The summed E-state index contributed by atoms with van der Waals surface area (Å²) < 4.78 is 2.00. The van der Waals surface area contributed by atoms with E-state index in [1.54, 1.807) is 18.5 Å². The first-order valence-electron chi connectivity index (χ1n) is 9.92. The fraction of sp³-hybridized carbons (Fsp3) is 0.474. The average Bonchev–Trinajstić information content (AvgIpc) is 3.29. The first-order valence-corrected chi connectivity index (χ1v) is 9.92. The number of anilines is 3. The molecule has 0 saturated carbocycles. The van der Waals surface area contributed by atoms with Crippen LogP contribution in [0.1, 0.15) is 39.2 Å². The van der Waals surface area contributed by atoms with E-state index < -0.39 is 0 Å². The Balaban J connectivity index is 1.52. The Morgan fingerprint density at radius 3 is 2.72 bits per heavy atom. The van der Waals surface area contributed by atoms with Gasteiger partial charge >= 0.3 is 0 Å². The van der Waals surface area contributed by atoms with E-state index in [9.17, 15) is 4.79 Å². The summed E-state index contributed by atoms with van der Waals surface area (Å²) in [6.07, 6.45) is 7.38. The van der Waals surface area contributed by atoms with Crippen molar-refractivity contribution in [1.29, 1.82) is 0 Å². The van der Waals surface area contributed by atoms with Gasteiger partial charge in [-0.1, -0.05) is 0 Å². The SMILES string of the molecule is CC(C)n1c(Nc2ncccn2)nc2c(NCCCN3CCCC3=O)ncnc21. The standard InChI is InChI=1S/C19H25N9O/c1-13(2)28-17-15(25-19(28)26-18-21-7-4-8-22-18)16(23-12-24-17)20-9-5-11-27-10-3-6-14(27)29/h4,7-8,12-13H,3,5-6,9-11H2,1-2H3,(H,20,23,24)(H,21,22,25,26). The Hall–Kier alpha value is -3.30. The Kier molecular flexibility index (Phi) is 5.50. The molecule has 1 fully saturated rings. The summed E-state index contributed by atoms with van der Waals surface area (Å²) >= 11 is 0. The van der Waals surface area contributed by atoms with Crippen LogP contribution >= 0.6 is 0 Å². The van der Waals surface area contributed by atoms with Gasteiger partial charge in [-0.05, 0) is 32.8 Å². The van der Waals surface area contributed by atoms with Crippen LogP contribution in [0.15, 0.2) is 24.8 Å². The molecule has 0 spiro atoms. The average molecular weight is 395 g/mol. The van der Waals surface area contributed by atoms with Crippen LogP contribution < -0.4 is 10.6 Å². The zero-order valence-corrected chi connectivity index (χ0v) is 16.7. The van der Waals surface area contributed by atoms with Gasteiger partial charge in [0, 0.05) is 44.5 Å². The Morgan fingerprint density at radius 1 is 1.17 bits per heavy atom. The molecule has 0 unspecified atom stereocenters. The summed E-state index contributed by atoms with van der Waals surface area (Å²) in [6, 6.07) is 1.90. The fourth-order valence-electron chi connectivity index (χ4n) is 3.50. The van der Waals surface area contributed by atoms with E-state index in [4.69, 9.17) is 4.98 Å². The van der Waals surface area contributed by atoms with Crippen molar-refractivity contribution in [3.8, 4) is 0 Å². The summed E-state index contributed by atoms with van der Waals surface area (Å²) in [5, 5.41) is 6.52. The summed E-state index contributed by atoms with van der Waals surface area (Å²) in [5.74, 6) is 2.03. The van der Waals surface area contributed by atoms with Gasteiger partial charge < -0.3 is 10.2 Å². The molecule has 1 aliphatic heterocycles. The summed E-state index contributed by atoms with van der Waals surface area (Å²) in [5.41, 5.74) is 1.43. The van der Waals surface area contributed by atoms with Crippen molar-refractivity contribution in [2.24, 2.45) is 0 Å². The molecule has 0 bridgehead atoms. The second-order valence-electron chi connectivity index (χ2n) is 7.26. The van der Waals surface area contributed by atoms with Crippen LogP contribution in [0, 0.1) is 0 Å². The highest BCUT2D eigenvalue weighted by Crippen LogP contribution is 2.27. The molecule has 2 N–H and O–H groups in total. The first kappa shape index (κ1) is 19.0. The van der Waals surface area contributed by atoms with Crippen molar-refractivity contribution in [1.82, 2.24) is 34.4 Å². The predicted molar refractivity (Wildman–Crippen MR) is 110 cm³/mol. The first-order chi connectivity index (χ1) is 14.1. The Morgan fingerprint density at radius 2 is 2.00 bits per heavy atom. The van der Waals surface area contributed by atoms with Gasteiger partial charge in [-0.25, -0.2) is 24.9 Å². The van der Waals surface area contributed by atoms with Gasteiger partial charge in [0.25, 0.3) is 0 Å². The number of rotatable bonds is 8. The van der Waals surface area contributed by atoms with E-state index in [-0.39, 0.29) is 11.9 Å². The highest BCUT2D eigenvalue weighted by atomic mass is 16.2. The van der Waals surface area contributed by atoms with Crippen molar-refractivity contribution in [2.45, 2.75) is 39.2 Å². The van der Waals surface area contributed by atoms with E-state index in [2.05, 4.69) is 44.4 Å². The van der Waals surface area contributed by atoms with Gasteiger partial charge in [-0.15, -0.1) is 0 Å². The minimum Gasteiger partial charge on any atom is -0.368 e. The van der Waals surface area contributed by atoms with Gasteiger partial charge in [-0.2, -0.15) is 0 Å². The molecule has 4 rings (SSSR count). The monoisotopic (exact) mass is 395 g/mol. The fourth-order valence-corrected chi connectivity index (χ4v) is 3.50. The third-order valence-electron chi connectivity index (χ3n) is 4.85. The lowest BCUT2D eigenvalue weighted by Crippen LogP contribution is -2.27. The minimum atomic E-state index is 0.134. The molecule has 1 amide bonds. The predicted octanol–water partition coefficient (Wildman–Crippen LogP) is 2.37. The van der Waals surface area contributed by atoms with Crippen molar-refractivity contribution in [2.75, 3.05) is 30.3 Å². The number of aromatic nitrogens is 6. The topological polar surface area (TPSA) is 114 Å². The maximum atomic E-state index is 11.7. The molecule has 10 nitrogen and oxygen atoms in total. The van der Waals surface area contributed by atoms with Crippen LogP contribution in [0.4, 0.5) is 17.7 Å². The third kappa shape index (κ3) is 4.10. The van der Waals surface area contributed by atoms with Crippen molar-refractivity contribution in [3.63, 3.8) is 0 Å². The number of imidazole rings is 1. The number of nitrogens with one attached hydrogen (secondary N) is 2. The van der Waals surface area contributed by atoms with Gasteiger partial charge in [0.1, 0.15) is 6.33 Å². The number of carbonyl (C=O) groups is 1. The number of nitrogens with zero attached hydrogens (tertiary/aromatic N) is 7. The van der Waals surface area contributed by atoms with Crippen LogP contribution in [-0.2, 0) is 4.79 Å². The highest BCUT2D eigenvalue weighted by molar-refractivity contribution is 5.85. The molecule has 0 aromatic carbocycles. The highest BCUT2D eigenvalue weighted by Gasteiger charge is 2.20. The number of hydrogen-bond acceptors (Lipinski definition) is 8. The second kappa shape index (κ2) is 8.38. The van der Waals surface area contributed by atoms with Crippen LogP contribution in [-0.4, -0.2) is 59.9 Å². The zero-order valence-electron chi connectivity index (χ0n) is 16.7. The number of carbonyl (C=O) groups excluding carboxylic acids is 1. The molecule has 3 aromatic heterocycles. The minimum absolute atomic E-state index is 0.134. The maximum Gasteiger partial charge on any atom is 0.229 e. The van der Waals surface area contributed by atoms with E-state index in [0.717, 1.165) is 31.6 Å². The van der Waals surface area contributed by atoms with Crippen molar-refractivity contribution < 1.29 is 4.79 Å². The van der Waals surface area contributed by atoms with Gasteiger partial charge in [0.2, 0.25) is 17.8 Å². The largest absolute Gasteiger partial charge is 0.368 e. The Labute approximate surface area is 168 Å². The lowest BCUT2D eigenvalue weighted by molar-refractivity contribution is -0.127. The number of fused-ring (bicyclic) bond motifs is 1. The molecule has 1 saturated heterocycles. The summed E-state index contributed by atoms with van der Waals surface area (Å²) in [6.45, 7) is 6.47. The molecule has 4 heterocycles. The Bertz CT molecular complexity index is 986. The number of amides is 1. The molecule has 0 aliphatic carbocycles. The smallest absolute Gasteiger partial charge is 0.229 e. The van der Waals surface area contributed by atoms with Gasteiger partial charge in [0.05, 0.1) is 0 Å². The molecule has 29 heavy (non-hydrogen) atoms. The van der Waals surface area contributed by atoms with Crippen molar-refractivity contribution in [3.05, 3.63) is 24.8 Å². The van der Waals surface area contributed by atoms with Gasteiger partial charge in [-0.3, -0.25) is 14.7 Å². The van der Waals surface area contributed by atoms with E-state index in [0.29, 0.717) is 36.2 Å². The molecule has 0 atom stereocenters. The van der Waals surface area contributed by atoms with Crippen LogP contribution in [0.5, 0.6) is 0 Å². The molecule has 1 aliphatic rings. The normalized spacial score (nSPS) is 14.2. The summed E-state index contributed by atoms with van der Waals surface area (Å²) in [7, 11) is 0. The van der Waals surface area contributed by atoms with E-state index in [1.807, 2.05) is 9.47 Å². The van der Waals surface area contributed by atoms with Crippen LogP contribution in [0.3, 0.4) is 0 Å². The van der Waals surface area contributed by atoms with E-state index >= 15 is 0 Å². The lowest BCUT2D eigenvalue weighted by Gasteiger charge is -2.15. The third-order valence-corrected chi connectivity index (χ3v) is 4.85. The molecular weight excluding hydrogens is 370 g/mol. The van der Waals surface area contributed by atoms with Gasteiger partial charge in [0.15, 0.2) is 17.0 Å².